The molecule has 3 aromatic heterocycles. The number of carbonyl (C=O) groups is 1. The number of nitrogens with one attached hydrogen (secondary N) is 3. The molecule has 33 heavy (non-hydrogen) atoms. The maximum Gasteiger partial charge on any atom is 0.269 e. The molecule has 0 atom stereocenters. The van der Waals surface area contributed by atoms with Crippen molar-refractivity contribution in [2.24, 2.45) is 0 Å². The van der Waals surface area contributed by atoms with Crippen LogP contribution >= 0.6 is 0 Å². The molecule has 0 unspecified atom stereocenters. The van der Waals surface area contributed by atoms with Gasteiger partial charge < -0.3 is 15.5 Å². The number of hydrogen-bond donors (Lipinski definition) is 3. The highest BCUT2D eigenvalue weighted by atomic mass is 16.1. The van der Waals surface area contributed by atoms with Gasteiger partial charge in [-0.05, 0) is 43.7 Å². The maximum absolute atomic E-state index is 11.8. The molecule has 1 aliphatic heterocycles. The molecule has 0 spiro atoms. The van der Waals surface area contributed by atoms with Gasteiger partial charge in [0, 0.05) is 57.7 Å². The van der Waals surface area contributed by atoms with Gasteiger partial charge in [-0.3, -0.25) is 19.5 Å². The lowest BCUT2D eigenvalue weighted by Gasteiger charge is -2.36. The Kier molecular flexibility index (Phi) is 6.64. The molecule has 1 saturated heterocycles. The second-order valence-electron chi connectivity index (χ2n) is 8.06. The number of piperazine rings is 1. The maximum atomic E-state index is 11.8. The molecule has 0 bridgehead atoms. The predicted octanol–water partition coefficient (Wildman–Crippen LogP) is 1.60. The summed E-state index contributed by atoms with van der Waals surface area (Å²) in [4.78, 5) is 44.0. The molecular weight excluding hydrogens is 420 g/mol. The first-order chi connectivity index (χ1) is 15.9. The van der Waals surface area contributed by atoms with Crippen molar-refractivity contribution >= 4 is 23.4 Å². The third-order valence-electron chi connectivity index (χ3n) is 5.68. The minimum atomic E-state index is -0.176. The molecule has 0 aromatic carbocycles. The monoisotopic (exact) mass is 448 g/mol. The summed E-state index contributed by atoms with van der Waals surface area (Å²) in [6, 6.07) is 7.72. The van der Waals surface area contributed by atoms with E-state index in [4.69, 9.17) is 0 Å². The summed E-state index contributed by atoms with van der Waals surface area (Å²) >= 11 is 0. The van der Waals surface area contributed by atoms with Crippen LogP contribution in [0.15, 0.2) is 41.5 Å². The molecule has 0 aliphatic carbocycles. The second kappa shape index (κ2) is 9.78. The standard InChI is InChI=1S/C23H28N8O2/c1-15-13-26-23(29-21(15)32)28-20-12-17(6-7-25-20)14-30-8-10-31(11-9-30)19-5-4-18(22(33)24-3)27-16(19)2/h4-7,12-13H,8-11,14H2,1-3H3,(H,24,33)(H2,25,26,28,29,32). The van der Waals surface area contributed by atoms with Gasteiger partial charge in [-0.1, -0.05) is 0 Å². The Hall–Kier alpha value is -3.79. The third-order valence-corrected chi connectivity index (χ3v) is 5.68. The molecule has 1 aliphatic rings. The molecule has 1 amide bonds. The Labute approximate surface area is 192 Å². The Morgan fingerprint density at radius 1 is 1.12 bits per heavy atom. The second-order valence-corrected chi connectivity index (χ2v) is 8.06. The fourth-order valence-corrected chi connectivity index (χ4v) is 3.83. The number of carbonyl (C=O) groups excluding carboxylic acids is 1. The number of aromatic amines is 1. The number of hydrogen-bond acceptors (Lipinski definition) is 8. The first-order valence-electron chi connectivity index (χ1n) is 10.9. The van der Waals surface area contributed by atoms with Crippen LogP contribution in [0.1, 0.15) is 27.3 Å². The number of aryl methyl sites for hydroxylation is 2. The molecule has 1 fully saturated rings. The average Bonchev–Trinajstić information content (AvgIpc) is 2.82. The Bertz CT molecular complexity index is 1200. The van der Waals surface area contributed by atoms with E-state index in [0.717, 1.165) is 49.7 Å². The molecule has 4 heterocycles. The number of rotatable bonds is 6. The number of nitrogens with zero attached hydrogens (tertiary/aromatic N) is 5. The highest BCUT2D eigenvalue weighted by Gasteiger charge is 2.20. The van der Waals surface area contributed by atoms with Gasteiger partial charge >= 0.3 is 0 Å². The predicted molar refractivity (Wildman–Crippen MR) is 127 cm³/mol. The van der Waals surface area contributed by atoms with Crippen molar-refractivity contribution < 1.29 is 4.79 Å². The van der Waals surface area contributed by atoms with Crippen molar-refractivity contribution in [1.29, 1.82) is 0 Å². The third kappa shape index (κ3) is 5.35. The van der Waals surface area contributed by atoms with Crippen molar-refractivity contribution in [3.63, 3.8) is 0 Å². The van der Waals surface area contributed by atoms with Gasteiger partial charge in [0.15, 0.2) is 0 Å². The molecule has 172 valence electrons. The van der Waals surface area contributed by atoms with E-state index in [9.17, 15) is 9.59 Å². The Balaban J connectivity index is 1.35. The van der Waals surface area contributed by atoms with Crippen molar-refractivity contribution in [3.8, 4) is 0 Å². The average molecular weight is 449 g/mol. The number of pyridine rings is 2. The van der Waals surface area contributed by atoms with Gasteiger partial charge in [-0.15, -0.1) is 0 Å². The Morgan fingerprint density at radius 2 is 1.91 bits per heavy atom. The summed E-state index contributed by atoms with van der Waals surface area (Å²) in [5.41, 5.74) is 3.88. The zero-order valence-corrected chi connectivity index (χ0v) is 19.1. The molecule has 3 N–H and O–H groups in total. The minimum absolute atomic E-state index is 0.171. The van der Waals surface area contributed by atoms with E-state index in [2.05, 4.69) is 40.4 Å². The van der Waals surface area contributed by atoms with E-state index < -0.39 is 0 Å². The molecule has 4 rings (SSSR count). The van der Waals surface area contributed by atoms with Gasteiger partial charge in [0.1, 0.15) is 11.5 Å². The first kappa shape index (κ1) is 22.4. The molecule has 3 aromatic rings. The quantitative estimate of drug-likeness (QED) is 0.520. The summed E-state index contributed by atoms with van der Waals surface area (Å²) in [5, 5.41) is 5.67. The highest BCUT2D eigenvalue weighted by Crippen LogP contribution is 2.21. The van der Waals surface area contributed by atoms with Crippen LogP contribution in [0.4, 0.5) is 17.5 Å². The normalized spacial score (nSPS) is 14.2. The van der Waals surface area contributed by atoms with E-state index >= 15 is 0 Å². The summed E-state index contributed by atoms with van der Waals surface area (Å²) < 4.78 is 0. The zero-order chi connectivity index (χ0) is 23.4. The summed E-state index contributed by atoms with van der Waals surface area (Å²) in [6.07, 6.45) is 3.29. The van der Waals surface area contributed by atoms with Gasteiger partial charge in [-0.2, -0.15) is 0 Å². The molecule has 10 nitrogen and oxygen atoms in total. The number of H-pyrrole nitrogens is 1. The molecular formula is C23H28N8O2. The number of anilines is 3. The van der Waals surface area contributed by atoms with Crippen molar-refractivity contribution in [3.05, 3.63) is 69.5 Å². The van der Waals surface area contributed by atoms with Crippen LogP contribution in [0.5, 0.6) is 0 Å². The highest BCUT2D eigenvalue weighted by molar-refractivity contribution is 5.92. The number of amides is 1. The van der Waals surface area contributed by atoms with E-state index in [1.807, 2.05) is 25.1 Å². The summed E-state index contributed by atoms with van der Waals surface area (Å²) in [6.45, 7) is 8.04. The van der Waals surface area contributed by atoms with Crippen molar-refractivity contribution in [1.82, 2.24) is 30.2 Å². The van der Waals surface area contributed by atoms with Gasteiger partial charge in [-0.25, -0.2) is 15.0 Å². The van der Waals surface area contributed by atoms with E-state index in [-0.39, 0.29) is 11.5 Å². The fraction of sp³-hybridized carbons (Fsp3) is 0.348. The first-order valence-corrected chi connectivity index (χ1v) is 10.9. The van der Waals surface area contributed by atoms with Crippen LogP contribution < -0.4 is 21.1 Å². The topological polar surface area (TPSA) is 119 Å². The summed E-state index contributed by atoms with van der Waals surface area (Å²) in [7, 11) is 1.61. The van der Waals surface area contributed by atoms with Crippen LogP contribution in [0.2, 0.25) is 0 Å². The number of aromatic nitrogens is 4. The van der Waals surface area contributed by atoms with Crippen molar-refractivity contribution in [2.75, 3.05) is 43.4 Å². The lowest BCUT2D eigenvalue weighted by molar-refractivity contribution is 0.0958. The molecule has 10 heteroatoms. The van der Waals surface area contributed by atoms with Crippen LogP contribution in [0, 0.1) is 13.8 Å². The minimum Gasteiger partial charge on any atom is -0.368 e. The van der Waals surface area contributed by atoms with E-state index in [1.165, 1.54) is 6.20 Å². The lowest BCUT2D eigenvalue weighted by Crippen LogP contribution is -2.46. The van der Waals surface area contributed by atoms with Gasteiger partial charge in [0.05, 0.1) is 11.4 Å². The van der Waals surface area contributed by atoms with E-state index in [0.29, 0.717) is 23.0 Å². The largest absolute Gasteiger partial charge is 0.368 e. The molecule has 0 radical (unpaired) electrons. The molecule has 0 saturated carbocycles. The lowest BCUT2D eigenvalue weighted by atomic mass is 10.2. The van der Waals surface area contributed by atoms with Crippen LogP contribution in [-0.4, -0.2) is 64.0 Å². The zero-order valence-electron chi connectivity index (χ0n) is 19.1. The van der Waals surface area contributed by atoms with Crippen LogP contribution in [0.3, 0.4) is 0 Å². The van der Waals surface area contributed by atoms with Crippen LogP contribution in [0.25, 0.3) is 0 Å². The Morgan fingerprint density at radius 3 is 2.61 bits per heavy atom. The SMILES string of the molecule is CNC(=O)c1ccc(N2CCN(Cc3ccnc(Nc4ncc(C)c(=O)[nH]4)c3)CC2)c(C)n1. The fourth-order valence-electron chi connectivity index (χ4n) is 3.83. The van der Waals surface area contributed by atoms with Crippen molar-refractivity contribution in [2.45, 2.75) is 20.4 Å². The van der Waals surface area contributed by atoms with Crippen LogP contribution in [-0.2, 0) is 6.54 Å². The van der Waals surface area contributed by atoms with E-state index in [1.54, 1.807) is 26.2 Å². The summed E-state index contributed by atoms with van der Waals surface area (Å²) in [5.74, 6) is 0.830. The van der Waals surface area contributed by atoms with Gasteiger partial charge in [0.25, 0.3) is 11.5 Å². The van der Waals surface area contributed by atoms with Gasteiger partial charge in [0.2, 0.25) is 5.95 Å². The smallest absolute Gasteiger partial charge is 0.269 e.